The van der Waals surface area contributed by atoms with Crippen LogP contribution in [0.15, 0.2) is 42.5 Å². The fraction of sp³-hybridized carbons (Fsp3) is 0.429. The molecule has 1 radical (unpaired) electrons. The van der Waals surface area contributed by atoms with E-state index in [0.717, 1.165) is 12.8 Å². The summed E-state index contributed by atoms with van der Waals surface area (Å²) in [5, 5.41) is 3.61. The summed E-state index contributed by atoms with van der Waals surface area (Å²) in [6.07, 6.45) is 2.30. The molecule has 0 amide bonds. The fourth-order valence-corrected chi connectivity index (χ4v) is 4.32. The summed E-state index contributed by atoms with van der Waals surface area (Å²) < 4.78 is 6.37. The molecule has 2 nitrogen and oxygen atoms in total. The van der Waals surface area contributed by atoms with Gasteiger partial charge in [-0.05, 0) is 60.2 Å². The Bertz CT molecular complexity index is 718. The van der Waals surface area contributed by atoms with Gasteiger partial charge in [0, 0.05) is 11.4 Å². The van der Waals surface area contributed by atoms with Crippen LogP contribution in [-0.2, 0) is 17.3 Å². The SMILES string of the molecule is C[Si](C)OC(c1ccc2c(c1)CCc1ccccc1N2)C(C)(C)C. The van der Waals surface area contributed by atoms with Gasteiger partial charge in [0.15, 0.2) is 0 Å². The molecule has 0 spiro atoms. The fourth-order valence-electron chi connectivity index (χ4n) is 3.36. The van der Waals surface area contributed by atoms with E-state index in [9.17, 15) is 0 Å². The van der Waals surface area contributed by atoms with Crippen LogP contribution >= 0.6 is 0 Å². The number of fused-ring (bicyclic) bond motifs is 2. The third-order valence-corrected chi connectivity index (χ3v) is 5.23. The normalized spacial score (nSPS) is 15.2. The maximum Gasteiger partial charge on any atom is 0.205 e. The second kappa shape index (κ2) is 6.73. The zero-order valence-electron chi connectivity index (χ0n) is 15.4. The van der Waals surface area contributed by atoms with Crippen LogP contribution in [0.4, 0.5) is 11.4 Å². The van der Waals surface area contributed by atoms with Gasteiger partial charge in [-0.2, -0.15) is 0 Å². The molecule has 127 valence electrons. The quantitative estimate of drug-likeness (QED) is 0.705. The van der Waals surface area contributed by atoms with Crippen molar-refractivity contribution >= 4 is 20.4 Å². The zero-order chi connectivity index (χ0) is 17.3. The summed E-state index contributed by atoms with van der Waals surface area (Å²) in [6.45, 7) is 11.2. The number of para-hydroxylation sites is 1. The molecule has 1 N–H and O–H groups in total. The van der Waals surface area contributed by atoms with Crippen LogP contribution in [0.5, 0.6) is 0 Å². The first-order valence-corrected chi connectivity index (χ1v) is 11.2. The van der Waals surface area contributed by atoms with Crippen molar-refractivity contribution in [3.8, 4) is 0 Å². The van der Waals surface area contributed by atoms with Crippen molar-refractivity contribution in [2.75, 3.05) is 5.32 Å². The minimum atomic E-state index is -0.750. The number of hydrogen-bond donors (Lipinski definition) is 1. The van der Waals surface area contributed by atoms with Crippen LogP contribution in [-0.4, -0.2) is 9.04 Å². The third-order valence-electron chi connectivity index (χ3n) is 4.52. The number of benzene rings is 2. The van der Waals surface area contributed by atoms with E-state index in [1.807, 2.05) is 0 Å². The lowest BCUT2D eigenvalue weighted by atomic mass is 9.84. The first kappa shape index (κ1) is 17.2. The molecule has 1 aliphatic heterocycles. The molecule has 1 unspecified atom stereocenters. The first-order valence-electron chi connectivity index (χ1n) is 8.79. The van der Waals surface area contributed by atoms with Gasteiger partial charge in [-0.3, -0.25) is 0 Å². The molecule has 0 bridgehead atoms. The number of anilines is 2. The van der Waals surface area contributed by atoms with Gasteiger partial charge < -0.3 is 9.74 Å². The second-order valence-electron chi connectivity index (χ2n) is 7.97. The Labute approximate surface area is 148 Å². The van der Waals surface area contributed by atoms with E-state index >= 15 is 0 Å². The van der Waals surface area contributed by atoms with Crippen molar-refractivity contribution in [2.45, 2.75) is 52.8 Å². The molecule has 3 rings (SSSR count). The second-order valence-corrected chi connectivity index (χ2v) is 10.0. The monoisotopic (exact) mass is 338 g/mol. The van der Waals surface area contributed by atoms with E-state index in [-0.39, 0.29) is 11.5 Å². The minimum absolute atomic E-state index is 0.0945. The van der Waals surface area contributed by atoms with Crippen LogP contribution in [0.25, 0.3) is 0 Å². The first-order chi connectivity index (χ1) is 11.3. The maximum absolute atomic E-state index is 6.37. The highest BCUT2D eigenvalue weighted by Crippen LogP contribution is 2.39. The Morgan fingerprint density at radius 1 is 0.958 bits per heavy atom. The highest BCUT2D eigenvalue weighted by Gasteiger charge is 2.29. The molecule has 0 aromatic heterocycles. The third kappa shape index (κ3) is 3.73. The van der Waals surface area contributed by atoms with Crippen molar-refractivity contribution in [1.82, 2.24) is 0 Å². The Kier molecular flexibility index (Phi) is 4.84. The Morgan fingerprint density at radius 3 is 2.33 bits per heavy atom. The summed E-state index contributed by atoms with van der Waals surface area (Å²) in [7, 11) is -0.750. The van der Waals surface area contributed by atoms with Gasteiger partial charge in [-0.15, -0.1) is 0 Å². The smallest absolute Gasteiger partial charge is 0.205 e. The van der Waals surface area contributed by atoms with Crippen LogP contribution in [0.2, 0.25) is 13.1 Å². The van der Waals surface area contributed by atoms with Crippen molar-refractivity contribution in [3.63, 3.8) is 0 Å². The lowest BCUT2D eigenvalue weighted by molar-refractivity contribution is 0.0865. The lowest BCUT2D eigenvalue weighted by Gasteiger charge is -2.33. The van der Waals surface area contributed by atoms with Crippen LogP contribution in [0.1, 0.15) is 43.6 Å². The maximum atomic E-state index is 6.37. The van der Waals surface area contributed by atoms with Gasteiger partial charge in [-0.1, -0.05) is 51.1 Å². The summed E-state index contributed by atoms with van der Waals surface area (Å²) >= 11 is 0. The predicted octanol–water partition coefficient (Wildman–Crippen LogP) is 5.88. The Hall–Kier alpha value is -1.58. The molecule has 3 heteroatoms. The van der Waals surface area contributed by atoms with Crippen LogP contribution < -0.4 is 5.32 Å². The number of aryl methyl sites for hydroxylation is 2. The van der Waals surface area contributed by atoms with Crippen LogP contribution in [0.3, 0.4) is 0 Å². The van der Waals surface area contributed by atoms with Gasteiger partial charge in [0.2, 0.25) is 9.04 Å². The van der Waals surface area contributed by atoms with E-state index in [0.29, 0.717) is 0 Å². The number of rotatable bonds is 3. The topological polar surface area (TPSA) is 21.3 Å². The van der Waals surface area contributed by atoms with Crippen molar-refractivity contribution in [3.05, 3.63) is 59.2 Å². The van der Waals surface area contributed by atoms with Crippen molar-refractivity contribution < 1.29 is 4.43 Å². The van der Waals surface area contributed by atoms with Crippen molar-refractivity contribution in [2.24, 2.45) is 5.41 Å². The number of nitrogens with one attached hydrogen (secondary N) is 1. The highest BCUT2D eigenvalue weighted by atomic mass is 28.3. The molecule has 0 saturated carbocycles. The molecular weight excluding hydrogens is 310 g/mol. The van der Waals surface area contributed by atoms with Gasteiger partial charge in [0.05, 0.1) is 6.10 Å². The molecule has 1 aliphatic rings. The predicted molar refractivity (Wildman–Crippen MR) is 104 cm³/mol. The van der Waals surface area contributed by atoms with Crippen molar-refractivity contribution in [1.29, 1.82) is 0 Å². The largest absolute Gasteiger partial charge is 0.410 e. The zero-order valence-corrected chi connectivity index (χ0v) is 16.4. The molecular formula is C21H28NOSi. The molecule has 0 saturated heterocycles. The van der Waals surface area contributed by atoms with E-state index in [1.165, 1.54) is 28.1 Å². The summed E-state index contributed by atoms with van der Waals surface area (Å²) in [4.78, 5) is 0. The van der Waals surface area contributed by atoms with E-state index < -0.39 is 9.04 Å². The van der Waals surface area contributed by atoms with Gasteiger partial charge in [0.25, 0.3) is 0 Å². The van der Waals surface area contributed by atoms with Gasteiger partial charge in [0.1, 0.15) is 0 Å². The highest BCUT2D eigenvalue weighted by molar-refractivity contribution is 6.48. The average molecular weight is 339 g/mol. The van der Waals surface area contributed by atoms with E-state index in [2.05, 4.69) is 81.6 Å². The molecule has 2 aromatic carbocycles. The molecule has 2 aromatic rings. The lowest BCUT2D eigenvalue weighted by Crippen LogP contribution is -2.26. The summed E-state index contributed by atoms with van der Waals surface area (Å²) in [5.41, 5.74) is 6.65. The average Bonchev–Trinajstić information content (AvgIpc) is 2.70. The van der Waals surface area contributed by atoms with Gasteiger partial charge >= 0.3 is 0 Å². The van der Waals surface area contributed by atoms with E-state index in [1.54, 1.807) is 0 Å². The van der Waals surface area contributed by atoms with Gasteiger partial charge in [-0.25, -0.2) is 0 Å². The molecule has 0 aliphatic carbocycles. The van der Waals surface area contributed by atoms with E-state index in [4.69, 9.17) is 4.43 Å². The molecule has 1 atom stereocenters. The van der Waals surface area contributed by atoms with Crippen LogP contribution in [0, 0.1) is 5.41 Å². The Morgan fingerprint density at radius 2 is 1.62 bits per heavy atom. The number of hydrogen-bond acceptors (Lipinski definition) is 2. The summed E-state index contributed by atoms with van der Waals surface area (Å²) in [6, 6.07) is 15.4. The summed E-state index contributed by atoms with van der Waals surface area (Å²) in [5.74, 6) is 0. The molecule has 0 fully saturated rings. The Balaban J connectivity index is 1.94. The molecule has 24 heavy (non-hydrogen) atoms. The molecule has 1 heterocycles. The standard InChI is InChI=1S/C21H28NOSi/c1-21(2,3)20(23-24(4)5)17-12-13-19-16(14-17)11-10-15-8-6-7-9-18(15)22-19/h6-9,12-14,20,22H,10-11H2,1-5H3. The minimum Gasteiger partial charge on any atom is -0.410 e.